The Bertz CT molecular complexity index is 193. The second kappa shape index (κ2) is 3.05. The van der Waals surface area contributed by atoms with Crippen molar-refractivity contribution in [3.63, 3.8) is 0 Å². The van der Waals surface area contributed by atoms with E-state index >= 15 is 0 Å². The molecule has 2 aliphatic rings. The lowest BCUT2D eigenvalue weighted by molar-refractivity contribution is -0.146. The summed E-state index contributed by atoms with van der Waals surface area (Å²) in [6.07, 6.45) is 2.25. The van der Waals surface area contributed by atoms with Crippen LogP contribution in [0.2, 0.25) is 0 Å². The molecule has 1 saturated heterocycles. The van der Waals surface area contributed by atoms with Crippen molar-refractivity contribution in [1.29, 1.82) is 0 Å². The van der Waals surface area contributed by atoms with Gasteiger partial charge in [0.05, 0.1) is 13.0 Å². The zero-order valence-electron chi connectivity index (χ0n) is 7.38. The van der Waals surface area contributed by atoms with Crippen molar-refractivity contribution >= 4 is 5.97 Å². The van der Waals surface area contributed by atoms with Gasteiger partial charge in [0, 0.05) is 0 Å². The monoisotopic (exact) mass is 169 g/mol. The summed E-state index contributed by atoms with van der Waals surface area (Å²) in [7, 11) is 1.48. The summed E-state index contributed by atoms with van der Waals surface area (Å²) in [5.41, 5.74) is 0. The van der Waals surface area contributed by atoms with Crippen molar-refractivity contribution < 1.29 is 9.53 Å². The first-order valence-electron chi connectivity index (χ1n) is 4.60. The molecule has 3 atom stereocenters. The Kier molecular flexibility index (Phi) is 2.05. The average Bonchev–Trinajstić information content (AvgIpc) is 2.40. The zero-order chi connectivity index (χ0) is 8.55. The smallest absolute Gasteiger partial charge is 0.308 e. The zero-order valence-corrected chi connectivity index (χ0v) is 7.38. The first-order valence-corrected chi connectivity index (χ1v) is 4.60. The van der Waals surface area contributed by atoms with Gasteiger partial charge in [-0.25, -0.2) is 0 Å². The van der Waals surface area contributed by atoms with Crippen molar-refractivity contribution in [3.05, 3.63) is 0 Å². The second-order valence-corrected chi connectivity index (χ2v) is 3.89. The Labute approximate surface area is 72.5 Å². The van der Waals surface area contributed by atoms with E-state index in [1.165, 1.54) is 13.5 Å². The highest BCUT2D eigenvalue weighted by Crippen LogP contribution is 2.38. The summed E-state index contributed by atoms with van der Waals surface area (Å²) < 4.78 is 4.78. The minimum absolute atomic E-state index is 0.00815. The standard InChI is InChI=1S/C9H15NO2/c1-12-9(11)8-3-6-2-7(8)5-10-4-6/h6-8,10H,2-5H2,1H3/t6-,7-,8-/m1/s1. The van der Waals surface area contributed by atoms with E-state index in [4.69, 9.17) is 4.74 Å². The van der Waals surface area contributed by atoms with Gasteiger partial charge in [0.2, 0.25) is 0 Å². The molecule has 12 heavy (non-hydrogen) atoms. The van der Waals surface area contributed by atoms with Crippen molar-refractivity contribution in [1.82, 2.24) is 5.32 Å². The van der Waals surface area contributed by atoms with E-state index in [0.29, 0.717) is 11.8 Å². The molecule has 68 valence electrons. The van der Waals surface area contributed by atoms with Gasteiger partial charge in [0.15, 0.2) is 0 Å². The maximum absolute atomic E-state index is 11.3. The first kappa shape index (κ1) is 8.05. The van der Waals surface area contributed by atoms with Gasteiger partial charge in [0.1, 0.15) is 0 Å². The Morgan fingerprint density at radius 1 is 1.42 bits per heavy atom. The second-order valence-electron chi connectivity index (χ2n) is 3.89. The summed E-state index contributed by atoms with van der Waals surface area (Å²) in [5.74, 6) is 1.42. The van der Waals surface area contributed by atoms with Crippen LogP contribution in [0, 0.1) is 17.8 Å². The fraction of sp³-hybridized carbons (Fsp3) is 0.889. The van der Waals surface area contributed by atoms with E-state index in [1.807, 2.05) is 0 Å². The molecule has 3 nitrogen and oxygen atoms in total. The number of rotatable bonds is 1. The van der Waals surface area contributed by atoms with Crippen LogP contribution in [-0.2, 0) is 9.53 Å². The van der Waals surface area contributed by atoms with Gasteiger partial charge in [-0.2, -0.15) is 0 Å². The largest absolute Gasteiger partial charge is 0.469 e. The maximum Gasteiger partial charge on any atom is 0.308 e. The Hall–Kier alpha value is -0.570. The van der Waals surface area contributed by atoms with Crippen LogP contribution in [0.3, 0.4) is 0 Å². The molecule has 1 N–H and O–H groups in total. The average molecular weight is 169 g/mol. The fourth-order valence-corrected chi connectivity index (χ4v) is 2.55. The Morgan fingerprint density at radius 2 is 2.25 bits per heavy atom. The summed E-state index contributed by atoms with van der Waals surface area (Å²) in [6.45, 7) is 2.08. The van der Waals surface area contributed by atoms with Crippen molar-refractivity contribution in [3.8, 4) is 0 Å². The molecule has 3 heteroatoms. The molecule has 0 aromatic rings. The van der Waals surface area contributed by atoms with Gasteiger partial charge in [-0.05, 0) is 37.8 Å². The lowest BCUT2D eigenvalue weighted by Gasteiger charge is -2.20. The predicted octanol–water partition coefficient (Wildman–Crippen LogP) is 0.405. The quantitative estimate of drug-likeness (QED) is 0.578. The summed E-state index contributed by atoms with van der Waals surface area (Å²) >= 11 is 0. The van der Waals surface area contributed by atoms with Gasteiger partial charge in [-0.1, -0.05) is 0 Å². The molecule has 0 unspecified atom stereocenters. The molecule has 0 aromatic carbocycles. The maximum atomic E-state index is 11.3. The molecular formula is C9H15NO2. The van der Waals surface area contributed by atoms with Crippen molar-refractivity contribution in [2.75, 3.05) is 20.2 Å². The van der Waals surface area contributed by atoms with Crippen LogP contribution in [0.15, 0.2) is 0 Å². The molecule has 2 rings (SSSR count). The molecule has 0 radical (unpaired) electrons. The highest BCUT2D eigenvalue weighted by molar-refractivity contribution is 5.73. The number of ether oxygens (including phenoxy) is 1. The SMILES string of the molecule is COC(=O)[C@@H]1C[C@@H]2CNC[C@H]1C2. The van der Waals surface area contributed by atoms with Crippen LogP contribution < -0.4 is 5.32 Å². The molecule has 1 heterocycles. The van der Waals surface area contributed by atoms with Crippen LogP contribution >= 0.6 is 0 Å². The van der Waals surface area contributed by atoms with Crippen LogP contribution in [-0.4, -0.2) is 26.2 Å². The van der Waals surface area contributed by atoms with Gasteiger partial charge in [-0.3, -0.25) is 4.79 Å². The van der Waals surface area contributed by atoms with E-state index in [9.17, 15) is 4.79 Å². The molecular weight excluding hydrogens is 154 g/mol. The summed E-state index contributed by atoms with van der Waals surface area (Å²) in [6, 6.07) is 0. The summed E-state index contributed by atoms with van der Waals surface area (Å²) in [5, 5.41) is 3.35. The van der Waals surface area contributed by atoms with Gasteiger partial charge in [-0.15, -0.1) is 0 Å². The van der Waals surface area contributed by atoms with Crippen LogP contribution in [0.5, 0.6) is 0 Å². The third-order valence-corrected chi connectivity index (χ3v) is 3.14. The number of nitrogens with one attached hydrogen (secondary N) is 1. The van der Waals surface area contributed by atoms with E-state index in [2.05, 4.69) is 5.32 Å². The molecule has 0 amide bonds. The molecule has 0 spiro atoms. The number of methoxy groups -OCH3 is 1. The number of carbonyl (C=O) groups is 1. The third kappa shape index (κ3) is 1.22. The number of fused-ring (bicyclic) bond motifs is 2. The number of hydrogen-bond donors (Lipinski definition) is 1. The Balaban J connectivity index is 2.04. The summed E-state index contributed by atoms with van der Waals surface area (Å²) in [4.78, 5) is 11.3. The van der Waals surface area contributed by atoms with E-state index in [0.717, 1.165) is 19.5 Å². The number of hydrogen-bond acceptors (Lipinski definition) is 3. The number of carbonyl (C=O) groups excluding carboxylic acids is 1. The molecule has 2 bridgehead atoms. The minimum Gasteiger partial charge on any atom is -0.469 e. The van der Waals surface area contributed by atoms with Crippen molar-refractivity contribution in [2.24, 2.45) is 17.8 Å². The molecule has 0 aromatic heterocycles. The molecule has 1 aliphatic carbocycles. The third-order valence-electron chi connectivity index (χ3n) is 3.14. The lowest BCUT2D eigenvalue weighted by Crippen LogP contribution is -2.33. The van der Waals surface area contributed by atoms with E-state index < -0.39 is 0 Å². The van der Waals surface area contributed by atoms with E-state index in [-0.39, 0.29) is 11.9 Å². The normalized spacial score (nSPS) is 39.6. The molecule has 1 aliphatic heterocycles. The van der Waals surface area contributed by atoms with Crippen LogP contribution in [0.25, 0.3) is 0 Å². The predicted molar refractivity (Wildman–Crippen MR) is 44.6 cm³/mol. The van der Waals surface area contributed by atoms with Crippen molar-refractivity contribution in [2.45, 2.75) is 12.8 Å². The van der Waals surface area contributed by atoms with Gasteiger partial charge in [0.25, 0.3) is 0 Å². The van der Waals surface area contributed by atoms with E-state index in [1.54, 1.807) is 0 Å². The van der Waals surface area contributed by atoms with Gasteiger partial charge < -0.3 is 10.1 Å². The molecule has 1 saturated carbocycles. The minimum atomic E-state index is -0.00815. The molecule has 2 fully saturated rings. The van der Waals surface area contributed by atoms with Crippen LogP contribution in [0.4, 0.5) is 0 Å². The number of esters is 1. The first-order chi connectivity index (χ1) is 5.81. The lowest BCUT2D eigenvalue weighted by atomic mass is 9.95. The number of piperidine rings is 1. The topological polar surface area (TPSA) is 38.3 Å². The van der Waals surface area contributed by atoms with Gasteiger partial charge >= 0.3 is 5.97 Å². The van der Waals surface area contributed by atoms with Crippen LogP contribution in [0.1, 0.15) is 12.8 Å². The highest BCUT2D eigenvalue weighted by atomic mass is 16.5. The Morgan fingerprint density at radius 3 is 2.92 bits per heavy atom. The fourth-order valence-electron chi connectivity index (χ4n) is 2.55. The highest BCUT2D eigenvalue weighted by Gasteiger charge is 2.41.